The van der Waals surface area contributed by atoms with E-state index >= 15 is 0 Å². The molecule has 0 unspecified atom stereocenters. The SMILES string of the molecule is COCCOCC(=O)NC(C)(C)CN. The molecule has 0 saturated heterocycles. The highest BCUT2D eigenvalue weighted by Crippen LogP contribution is 1.97. The molecule has 0 saturated carbocycles. The molecule has 0 aromatic heterocycles. The maximum Gasteiger partial charge on any atom is 0.246 e. The third-order valence-electron chi connectivity index (χ3n) is 1.65. The van der Waals surface area contributed by atoms with Gasteiger partial charge in [-0.1, -0.05) is 0 Å². The second-order valence-corrected chi connectivity index (χ2v) is 3.68. The lowest BCUT2D eigenvalue weighted by Crippen LogP contribution is -2.50. The highest BCUT2D eigenvalue weighted by atomic mass is 16.5. The molecule has 0 aliphatic heterocycles. The molecule has 0 aromatic carbocycles. The van der Waals surface area contributed by atoms with Crippen LogP contribution in [0.25, 0.3) is 0 Å². The molecule has 0 radical (unpaired) electrons. The first-order valence-electron chi connectivity index (χ1n) is 4.59. The van der Waals surface area contributed by atoms with Crippen LogP contribution in [0.4, 0.5) is 0 Å². The smallest absolute Gasteiger partial charge is 0.246 e. The maximum atomic E-state index is 11.2. The molecule has 0 heterocycles. The summed E-state index contributed by atoms with van der Waals surface area (Å²) in [6.07, 6.45) is 0. The van der Waals surface area contributed by atoms with Crippen molar-refractivity contribution in [1.29, 1.82) is 0 Å². The molecule has 0 aliphatic carbocycles. The molecule has 84 valence electrons. The van der Waals surface area contributed by atoms with Gasteiger partial charge in [0.2, 0.25) is 5.91 Å². The van der Waals surface area contributed by atoms with Crippen LogP contribution in [0.1, 0.15) is 13.8 Å². The number of carbonyl (C=O) groups is 1. The Kier molecular flexibility index (Phi) is 6.44. The summed E-state index contributed by atoms with van der Waals surface area (Å²) in [5.41, 5.74) is 5.08. The van der Waals surface area contributed by atoms with E-state index in [0.29, 0.717) is 19.8 Å². The molecule has 0 bridgehead atoms. The molecule has 0 spiro atoms. The van der Waals surface area contributed by atoms with E-state index in [1.807, 2.05) is 13.8 Å². The standard InChI is InChI=1S/C9H20N2O3/c1-9(2,7-10)11-8(12)6-14-5-4-13-3/h4-7,10H2,1-3H3,(H,11,12). The number of rotatable bonds is 7. The van der Waals surface area contributed by atoms with Crippen LogP contribution in [0.5, 0.6) is 0 Å². The second kappa shape index (κ2) is 6.75. The average Bonchev–Trinajstić information content (AvgIpc) is 2.12. The topological polar surface area (TPSA) is 73.6 Å². The van der Waals surface area contributed by atoms with Crippen LogP contribution in [0.2, 0.25) is 0 Å². The third-order valence-corrected chi connectivity index (χ3v) is 1.65. The minimum Gasteiger partial charge on any atom is -0.382 e. The molecule has 0 rings (SSSR count). The summed E-state index contributed by atoms with van der Waals surface area (Å²) in [7, 11) is 1.58. The summed E-state index contributed by atoms with van der Waals surface area (Å²) in [4.78, 5) is 11.2. The molecule has 0 aliphatic rings. The highest BCUT2D eigenvalue weighted by Gasteiger charge is 2.17. The number of hydrogen-bond acceptors (Lipinski definition) is 4. The minimum absolute atomic E-state index is 0.0484. The molecule has 1 amide bonds. The first-order valence-corrected chi connectivity index (χ1v) is 4.59. The maximum absolute atomic E-state index is 11.2. The lowest BCUT2D eigenvalue weighted by atomic mass is 10.1. The van der Waals surface area contributed by atoms with Gasteiger partial charge in [0, 0.05) is 19.2 Å². The van der Waals surface area contributed by atoms with Crippen molar-refractivity contribution in [2.75, 3.05) is 33.5 Å². The minimum atomic E-state index is -0.373. The Morgan fingerprint density at radius 3 is 2.57 bits per heavy atom. The Labute approximate surface area is 84.9 Å². The van der Waals surface area contributed by atoms with Crippen molar-refractivity contribution in [3.63, 3.8) is 0 Å². The summed E-state index contributed by atoms with van der Waals surface area (Å²) in [6, 6.07) is 0. The number of methoxy groups -OCH3 is 1. The summed E-state index contributed by atoms with van der Waals surface area (Å²) in [5.74, 6) is -0.156. The Bertz CT molecular complexity index is 171. The van der Waals surface area contributed by atoms with E-state index in [4.69, 9.17) is 15.2 Å². The van der Waals surface area contributed by atoms with Gasteiger partial charge in [-0.25, -0.2) is 0 Å². The first kappa shape index (κ1) is 13.4. The van der Waals surface area contributed by atoms with Gasteiger partial charge in [-0.15, -0.1) is 0 Å². The zero-order valence-electron chi connectivity index (χ0n) is 9.13. The van der Waals surface area contributed by atoms with Gasteiger partial charge < -0.3 is 20.5 Å². The van der Waals surface area contributed by atoms with Gasteiger partial charge in [-0.3, -0.25) is 4.79 Å². The van der Waals surface area contributed by atoms with Crippen LogP contribution in [-0.2, 0) is 14.3 Å². The van der Waals surface area contributed by atoms with E-state index in [0.717, 1.165) is 0 Å². The number of nitrogens with one attached hydrogen (secondary N) is 1. The zero-order valence-corrected chi connectivity index (χ0v) is 9.13. The monoisotopic (exact) mass is 204 g/mol. The molecule has 0 fully saturated rings. The predicted octanol–water partition coefficient (Wildman–Crippen LogP) is -0.497. The van der Waals surface area contributed by atoms with E-state index in [1.165, 1.54) is 0 Å². The van der Waals surface area contributed by atoms with Crippen molar-refractivity contribution in [3.05, 3.63) is 0 Å². The van der Waals surface area contributed by atoms with Crippen molar-refractivity contribution >= 4 is 5.91 Å². The molecule has 5 nitrogen and oxygen atoms in total. The van der Waals surface area contributed by atoms with Gasteiger partial charge in [0.25, 0.3) is 0 Å². The number of amides is 1. The fourth-order valence-electron chi connectivity index (χ4n) is 0.772. The molecule has 0 atom stereocenters. The van der Waals surface area contributed by atoms with Gasteiger partial charge in [-0.05, 0) is 13.8 Å². The van der Waals surface area contributed by atoms with Crippen LogP contribution in [-0.4, -0.2) is 44.9 Å². The van der Waals surface area contributed by atoms with E-state index in [-0.39, 0.29) is 18.1 Å². The molecule has 5 heteroatoms. The number of carbonyl (C=O) groups excluding carboxylic acids is 1. The largest absolute Gasteiger partial charge is 0.382 e. The quantitative estimate of drug-likeness (QED) is 0.548. The first-order chi connectivity index (χ1) is 6.52. The molecule has 14 heavy (non-hydrogen) atoms. The number of ether oxygens (including phenoxy) is 2. The van der Waals surface area contributed by atoms with Gasteiger partial charge >= 0.3 is 0 Å². The van der Waals surface area contributed by atoms with Crippen molar-refractivity contribution in [1.82, 2.24) is 5.32 Å². The van der Waals surface area contributed by atoms with Gasteiger partial charge in [-0.2, -0.15) is 0 Å². The Hall–Kier alpha value is -0.650. The van der Waals surface area contributed by atoms with Crippen molar-refractivity contribution in [2.24, 2.45) is 5.73 Å². The fourth-order valence-corrected chi connectivity index (χ4v) is 0.772. The predicted molar refractivity (Wildman–Crippen MR) is 54.0 cm³/mol. The number of hydrogen-bond donors (Lipinski definition) is 2. The van der Waals surface area contributed by atoms with Gasteiger partial charge in [0.15, 0.2) is 0 Å². The van der Waals surface area contributed by atoms with Crippen molar-refractivity contribution in [3.8, 4) is 0 Å². The van der Waals surface area contributed by atoms with Gasteiger partial charge in [0.1, 0.15) is 6.61 Å². The van der Waals surface area contributed by atoms with E-state index in [1.54, 1.807) is 7.11 Å². The normalized spacial score (nSPS) is 11.4. The zero-order chi connectivity index (χ0) is 11.0. The highest BCUT2D eigenvalue weighted by molar-refractivity contribution is 5.77. The average molecular weight is 204 g/mol. The molecule has 3 N–H and O–H groups in total. The van der Waals surface area contributed by atoms with E-state index < -0.39 is 0 Å². The van der Waals surface area contributed by atoms with Crippen LogP contribution in [0.15, 0.2) is 0 Å². The summed E-state index contributed by atoms with van der Waals surface area (Å²) in [5, 5.41) is 2.75. The molecular weight excluding hydrogens is 184 g/mol. The third kappa shape index (κ3) is 6.82. The van der Waals surface area contributed by atoms with E-state index in [2.05, 4.69) is 5.32 Å². The Morgan fingerprint density at radius 2 is 2.07 bits per heavy atom. The summed E-state index contributed by atoms with van der Waals surface area (Å²) in [6.45, 7) is 5.09. The van der Waals surface area contributed by atoms with Crippen LogP contribution in [0.3, 0.4) is 0 Å². The van der Waals surface area contributed by atoms with E-state index in [9.17, 15) is 4.79 Å². The van der Waals surface area contributed by atoms with Crippen LogP contribution >= 0.6 is 0 Å². The lowest BCUT2D eigenvalue weighted by molar-refractivity contribution is -0.127. The molecular formula is C9H20N2O3. The van der Waals surface area contributed by atoms with Crippen molar-refractivity contribution < 1.29 is 14.3 Å². The second-order valence-electron chi connectivity index (χ2n) is 3.68. The summed E-state index contributed by atoms with van der Waals surface area (Å²) < 4.78 is 9.82. The fraction of sp³-hybridized carbons (Fsp3) is 0.889. The lowest BCUT2D eigenvalue weighted by Gasteiger charge is -2.23. The van der Waals surface area contributed by atoms with Crippen molar-refractivity contribution in [2.45, 2.75) is 19.4 Å². The van der Waals surface area contributed by atoms with Crippen LogP contribution in [0, 0.1) is 0 Å². The summed E-state index contributed by atoms with van der Waals surface area (Å²) >= 11 is 0. The Balaban J connectivity index is 3.55. The van der Waals surface area contributed by atoms with Gasteiger partial charge in [0.05, 0.1) is 13.2 Å². The molecule has 0 aromatic rings. The number of nitrogens with two attached hydrogens (primary N) is 1. The van der Waals surface area contributed by atoms with Crippen LogP contribution < -0.4 is 11.1 Å². The Morgan fingerprint density at radius 1 is 1.43 bits per heavy atom.